The van der Waals surface area contributed by atoms with Crippen LogP contribution in [0.2, 0.25) is 0 Å². The minimum absolute atomic E-state index is 0.0210. The summed E-state index contributed by atoms with van der Waals surface area (Å²) in [5.41, 5.74) is 9.25. The highest BCUT2D eigenvalue weighted by Crippen LogP contribution is 2.40. The van der Waals surface area contributed by atoms with Gasteiger partial charge in [0.2, 0.25) is 0 Å². The van der Waals surface area contributed by atoms with Crippen LogP contribution in [-0.2, 0) is 12.8 Å². The van der Waals surface area contributed by atoms with Gasteiger partial charge in [-0.3, -0.25) is 20.2 Å². The van der Waals surface area contributed by atoms with E-state index >= 15 is 0 Å². The minimum atomic E-state index is -0.375. The van der Waals surface area contributed by atoms with Crippen LogP contribution in [0.4, 0.5) is 11.4 Å². The normalized spacial score (nSPS) is 11.3. The van der Waals surface area contributed by atoms with Gasteiger partial charge in [0.05, 0.1) is 32.3 Å². The van der Waals surface area contributed by atoms with Gasteiger partial charge in [0.25, 0.3) is 11.4 Å². The first-order chi connectivity index (χ1) is 22.4. The second-order valence-electron chi connectivity index (χ2n) is 11.7. The topological polar surface area (TPSA) is 96.1 Å². The number of hydrogen-bond acceptors (Lipinski definition) is 4. The lowest BCUT2D eigenvalue weighted by molar-refractivity contribution is -0.385. The standard InChI is InChI=1S/C38H36N4O4/c1-3-5-9-27-15-19-31(20-16-27)39-35(29-11-7-13-33(23-29)41(43)44)25-38-37(39)26-36(30-12-8-14-34(24-30)42(45)46)40(38)32-21-17-28(18-22-32)10-6-4-2/h7-8,11-26H,3-6,9-10H2,1-2H3. The number of benzene rings is 4. The van der Waals surface area contributed by atoms with Crippen molar-refractivity contribution >= 4 is 22.4 Å². The molecule has 4 aromatic carbocycles. The van der Waals surface area contributed by atoms with Crippen LogP contribution in [0.25, 0.3) is 44.9 Å². The number of aryl methyl sites for hydroxylation is 2. The molecule has 0 bridgehead atoms. The molecular weight excluding hydrogens is 576 g/mol. The van der Waals surface area contributed by atoms with Crippen LogP contribution < -0.4 is 0 Å². The zero-order valence-corrected chi connectivity index (χ0v) is 26.1. The van der Waals surface area contributed by atoms with E-state index in [4.69, 9.17) is 0 Å². The van der Waals surface area contributed by atoms with Crippen LogP contribution in [0.3, 0.4) is 0 Å². The van der Waals surface area contributed by atoms with Gasteiger partial charge in [0.15, 0.2) is 0 Å². The molecule has 6 aromatic rings. The molecule has 8 heteroatoms. The van der Waals surface area contributed by atoms with Crippen LogP contribution in [0, 0.1) is 20.2 Å². The fraction of sp³-hybridized carbons (Fsp3) is 0.211. The summed E-state index contributed by atoms with van der Waals surface area (Å²) in [6.07, 6.45) is 6.45. The molecular formula is C38H36N4O4. The number of fused-ring (bicyclic) bond motifs is 1. The molecule has 0 aliphatic carbocycles. The van der Waals surface area contributed by atoms with Gasteiger partial charge >= 0.3 is 0 Å². The maximum atomic E-state index is 11.7. The van der Waals surface area contributed by atoms with Crippen molar-refractivity contribution in [3.63, 3.8) is 0 Å². The summed E-state index contributed by atoms with van der Waals surface area (Å²) in [5.74, 6) is 0. The fourth-order valence-electron chi connectivity index (χ4n) is 6.08. The molecule has 0 spiro atoms. The highest BCUT2D eigenvalue weighted by molar-refractivity contribution is 5.94. The lowest BCUT2D eigenvalue weighted by Gasteiger charge is -2.13. The molecule has 232 valence electrons. The quantitative estimate of drug-likeness (QED) is 0.101. The number of nitro benzene ring substituents is 2. The Kier molecular flexibility index (Phi) is 8.79. The molecule has 0 amide bonds. The predicted molar refractivity (Wildman–Crippen MR) is 184 cm³/mol. The Morgan fingerprint density at radius 2 is 0.935 bits per heavy atom. The number of rotatable bonds is 12. The Morgan fingerprint density at radius 1 is 0.543 bits per heavy atom. The third kappa shape index (κ3) is 6.06. The number of unbranched alkanes of at least 4 members (excludes halogenated alkanes) is 2. The molecule has 0 saturated carbocycles. The molecule has 2 heterocycles. The number of non-ortho nitro benzene ring substituents is 2. The summed E-state index contributed by atoms with van der Waals surface area (Å²) in [4.78, 5) is 22.7. The predicted octanol–water partition coefficient (Wildman–Crippen LogP) is 10.3. The Balaban J connectivity index is 1.62. The van der Waals surface area contributed by atoms with Crippen molar-refractivity contribution in [1.29, 1.82) is 0 Å². The Hall–Kier alpha value is -5.50. The molecule has 2 aromatic heterocycles. The van der Waals surface area contributed by atoms with E-state index in [1.807, 2.05) is 12.1 Å². The van der Waals surface area contributed by atoms with Crippen LogP contribution in [0.1, 0.15) is 50.7 Å². The van der Waals surface area contributed by atoms with Crippen molar-refractivity contribution in [2.45, 2.75) is 52.4 Å². The molecule has 0 N–H and O–H groups in total. The molecule has 0 atom stereocenters. The summed E-state index contributed by atoms with van der Waals surface area (Å²) >= 11 is 0. The van der Waals surface area contributed by atoms with Gasteiger partial charge in [0, 0.05) is 46.8 Å². The first-order valence-electron chi connectivity index (χ1n) is 15.8. The second kappa shape index (κ2) is 13.2. The Morgan fingerprint density at radius 3 is 1.28 bits per heavy atom. The molecule has 46 heavy (non-hydrogen) atoms. The number of aromatic nitrogens is 2. The van der Waals surface area contributed by atoms with E-state index in [-0.39, 0.29) is 21.2 Å². The zero-order valence-electron chi connectivity index (χ0n) is 26.1. The van der Waals surface area contributed by atoms with E-state index in [9.17, 15) is 20.2 Å². The minimum Gasteiger partial charge on any atom is -0.308 e. The van der Waals surface area contributed by atoms with Gasteiger partial charge in [-0.25, -0.2) is 0 Å². The molecule has 0 aliphatic heterocycles. The zero-order chi connectivity index (χ0) is 32.2. The summed E-state index contributed by atoms with van der Waals surface area (Å²) in [6.45, 7) is 4.36. The van der Waals surface area contributed by atoms with E-state index in [0.717, 1.165) is 83.4 Å². The van der Waals surface area contributed by atoms with Crippen molar-refractivity contribution in [2.75, 3.05) is 0 Å². The fourth-order valence-corrected chi connectivity index (χ4v) is 6.08. The monoisotopic (exact) mass is 612 g/mol. The lowest BCUT2D eigenvalue weighted by Crippen LogP contribution is -1.98. The summed E-state index contributed by atoms with van der Waals surface area (Å²) in [6, 6.07) is 34.5. The van der Waals surface area contributed by atoms with Gasteiger partial charge in [-0.2, -0.15) is 0 Å². The average Bonchev–Trinajstić information content (AvgIpc) is 3.64. The Labute approximate surface area is 267 Å². The number of nitro groups is 2. The summed E-state index contributed by atoms with van der Waals surface area (Å²) in [7, 11) is 0. The average molecular weight is 613 g/mol. The van der Waals surface area contributed by atoms with Gasteiger partial charge < -0.3 is 9.13 Å². The van der Waals surface area contributed by atoms with Gasteiger partial charge in [-0.15, -0.1) is 0 Å². The molecule has 0 aliphatic rings. The third-order valence-corrected chi connectivity index (χ3v) is 8.51. The van der Waals surface area contributed by atoms with Crippen molar-refractivity contribution < 1.29 is 9.85 Å². The van der Waals surface area contributed by atoms with Crippen LogP contribution >= 0.6 is 0 Å². The second-order valence-corrected chi connectivity index (χ2v) is 11.7. The van der Waals surface area contributed by atoms with Crippen LogP contribution in [0.5, 0.6) is 0 Å². The maximum Gasteiger partial charge on any atom is 0.270 e. The number of hydrogen-bond donors (Lipinski definition) is 0. The highest BCUT2D eigenvalue weighted by atomic mass is 16.6. The van der Waals surface area contributed by atoms with Crippen molar-refractivity contribution in [3.05, 3.63) is 141 Å². The SMILES string of the molecule is CCCCc1ccc(-n2c(-c3cccc([N+](=O)[O-])c3)cc3c2cc(-c2cccc([N+](=O)[O-])c2)n3-c2ccc(CCCC)cc2)cc1. The van der Waals surface area contributed by atoms with E-state index in [1.165, 1.54) is 23.3 Å². The highest BCUT2D eigenvalue weighted by Gasteiger charge is 2.22. The molecule has 0 unspecified atom stereocenters. The van der Waals surface area contributed by atoms with E-state index in [0.29, 0.717) is 0 Å². The first-order valence-corrected chi connectivity index (χ1v) is 15.8. The van der Waals surface area contributed by atoms with Crippen molar-refractivity contribution in [3.8, 4) is 33.9 Å². The van der Waals surface area contributed by atoms with Crippen LogP contribution in [-0.4, -0.2) is 19.0 Å². The summed E-state index contributed by atoms with van der Waals surface area (Å²) < 4.78 is 4.26. The largest absolute Gasteiger partial charge is 0.308 e. The molecule has 8 nitrogen and oxygen atoms in total. The molecule has 0 radical (unpaired) electrons. The van der Waals surface area contributed by atoms with Gasteiger partial charge in [-0.05, 0) is 73.2 Å². The number of nitrogens with zero attached hydrogens (tertiary/aromatic N) is 4. The third-order valence-electron chi connectivity index (χ3n) is 8.51. The van der Waals surface area contributed by atoms with E-state index in [1.54, 1.807) is 24.3 Å². The molecule has 0 fully saturated rings. The van der Waals surface area contributed by atoms with Crippen molar-refractivity contribution in [1.82, 2.24) is 9.13 Å². The van der Waals surface area contributed by atoms with Crippen LogP contribution in [0.15, 0.2) is 109 Å². The molecule has 6 rings (SSSR count). The Bertz CT molecular complexity index is 1870. The maximum absolute atomic E-state index is 11.7. The van der Waals surface area contributed by atoms with E-state index < -0.39 is 0 Å². The van der Waals surface area contributed by atoms with Gasteiger partial charge in [0.1, 0.15) is 0 Å². The lowest BCUT2D eigenvalue weighted by atomic mass is 10.1. The van der Waals surface area contributed by atoms with Gasteiger partial charge in [-0.1, -0.05) is 75.2 Å². The summed E-state index contributed by atoms with van der Waals surface area (Å²) in [5, 5.41) is 23.5. The van der Waals surface area contributed by atoms with E-state index in [2.05, 4.69) is 83.6 Å². The first kappa shape index (κ1) is 30.5. The van der Waals surface area contributed by atoms with Crippen molar-refractivity contribution in [2.24, 2.45) is 0 Å². The smallest absolute Gasteiger partial charge is 0.270 e. The molecule has 0 saturated heterocycles.